The molecule has 1 unspecified atom stereocenters. The van der Waals surface area contributed by atoms with E-state index in [0.717, 1.165) is 70.7 Å². The molecule has 0 N–H and O–H groups in total. The molecule has 1 aliphatic carbocycles. The van der Waals surface area contributed by atoms with Gasteiger partial charge in [0.15, 0.2) is 0 Å². The first-order valence-electron chi connectivity index (χ1n) is 12.1. The van der Waals surface area contributed by atoms with Crippen LogP contribution in [-0.4, -0.2) is 68.8 Å². The van der Waals surface area contributed by atoms with Gasteiger partial charge >= 0.3 is 0 Å². The number of nitrogens with zero attached hydrogens (tertiary/aromatic N) is 4. The van der Waals surface area contributed by atoms with E-state index in [4.69, 9.17) is 4.74 Å². The first kappa shape index (κ1) is 22.6. The van der Waals surface area contributed by atoms with Crippen molar-refractivity contribution in [3.05, 3.63) is 59.7 Å². The van der Waals surface area contributed by atoms with Crippen LogP contribution >= 0.6 is 0 Å². The molecule has 5 nitrogen and oxygen atoms in total. The summed E-state index contributed by atoms with van der Waals surface area (Å²) in [5, 5.41) is 9.40. The van der Waals surface area contributed by atoms with Gasteiger partial charge in [0, 0.05) is 37.9 Å². The summed E-state index contributed by atoms with van der Waals surface area (Å²) in [6, 6.07) is 20.1. The summed E-state index contributed by atoms with van der Waals surface area (Å²) in [5.74, 6) is 0.934. The number of ether oxygens (including phenoxy) is 1. The Morgan fingerprint density at radius 1 is 1.03 bits per heavy atom. The fraction of sp³-hybridized carbons (Fsp3) is 0.519. The van der Waals surface area contributed by atoms with Crippen molar-refractivity contribution >= 4 is 5.69 Å². The zero-order chi connectivity index (χ0) is 22.2. The number of benzene rings is 2. The average Bonchev–Trinajstić information content (AvgIpc) is 2.86. The van der Waals surface area contributed by atoms with Gasteiger partial charge in [0.25, 0.3) is 0 Å². The Morgan fingerprint density at radius 3 is 2.59 bits per heavy atom. The second-order valence-corrected chi connectivity index (χ2v) is 9.03. The van der Waals surface area contributed by atoms with Gasteiger partial charge in [-0.2, -0.15) is 5.26 Å². The van der Waals surface area contributed by atoms with E-state index >= 15 is 0 Å². The predicted octanol–water partition coefficient (Wildman–Crippen LogP) is 3.98. The van der Waals surface area contributed by atoms with E-state index in [1.165, 1.54) is 23.2 Å². The molecule has 170 valence electrons. The van der Waals surface area contributed by atoms with Gasteiger partial charge in [0.2, 0.25) is 0 Å². The maximum atomic E-state index is 9.40. The Balaban J connectivity index is 1.21. The molecule has 32 heavy (non-hydrogen) atoms. The first-order valence-corrected chi connectivity index (χ1v) is 12.1. The van der Waals surface area contributed by atoms with Crippen molar-refractivity contribution in [3.8, 4) is 11.8 Å². The van der Waals surface area contributed by atoms with Crippen molar-refractivity contribution in [2.24, 2.45) is 0 Å². The smallest absolute Gasteiger partial charge is 0.119 e. The quantitative estimate of drug-likeness (QED) is 0.443. The molecular formula is C27H36N4O. The molecule has 4 rings (SSSR count). The normalized spacial score (nSPS) is 18.9. The van der Waals surface area contributed by atoms with Crippen molar-refractivity contribution in [1.82, 2.24) is 9.80 Å². The Kier molecular flexibility index (Phi) is 8.03. The van der Waals surface area contributed by atoms with E-state index in [1.54, 1.807) is 7.11 Å². The molecule has 1 heterocycles. The molecule has 5 heteroatoms. The standard InChI is InChI=1S/C27H36N4O/c1-32-27-12-10-23-9-11-26(21-24(23)22-27)30(16-13-28)15-6-5-14-29-17-19-31(20-18-29)25-7-3-2-4-8-25/h2-4,7-8,10,12,22,26H,5-6,9,11,14-21H2,1H3. The highest BCUT2D eigenvalue weighted by molar-refractivity contribution is 5.46. The van der Waals surface area contributed by atoms with E-state index < -0.39 is 0 Å². The zero-order valence-corrected chi connectivity index (χ0v) is 19.4. The number of anilines is 1. The molecule has 2 aromatic carbocycles. The molecule has 0 radical (unpaired) electrons. The molecule has 0 saturated carbocycles. The third-order valence-corrected chi connectivity index (χ3v) is 7.07. The van der Waals surface area contributed by atoms with Gasteiger partial charge in [-0.15, -0.1) is 0 Å². The molecule has 2 aliphatic rings. The van der Waals surface area contributed by atoms with E-state index in [1.807, 2.05) is 0 Å². The molecule has 0 spiro atoms. The lowest BCUT2D eigenvalue weighted by Crippen LogP contribution is -2.46. The number of methoxy groups -OCH3 is 1. The van der Waals surface area contributed by atoms with Crippen LogP contribution in [-0.2, 0) is 12.8 Å². The number of aryl methyl sites for hydroxylation is 1. The highest BCUT2D eigenvalue weighted by atomic mass is 16.5. The lowest BCUT2D eigenvalue weighted by Gasteiger charge is -2.36. The van der Waals surface area contributed by atoms with E-state index in [-0.39, 0.29) is 0 Å². The Morgan fingerprint density at radius 2 is 1.84 bits per heavy atom. The fourth-order valence-corrected chi connectivity index (χ4v) is 5.15. The Hall–Kier alpha value is -2.55. The van der Waals surface area contributed by atoms with Crippen molar-refractivity contribution in [3.63, 3.8) is 0 Å². The second-order valence-electron chi connectivity index (χ2n) is 9.03. The van der Waals surface area contributed by atoms with E-state index in [0.29, 0.717) is 12.6 Å². The number of fused-ring (bicyclic) bond motifs is 1. The summed E-state index contributed by atoms with van der Waals surface area (Å²) < 4.78 is 5.42. The number of rotatable bonds is 9. The van der Waals surface area contributed by atoms with Crippen LogP contribution in [0.3, 0.4) is 0 Å². The lowest BCUT2D eigenvalue weighted by molar-refractivity contribution is 0.189. The minimum Gasteiger partial charge on any atom is -0.497 e. The molecular weight excluding hydrogens is 396 g/mol. The predicted molar refractivity (Wildman–Crippen MR) is 130 cm³/mol. The molecule has 0 bridgehead atoms. The van der Waals surface area contributed by atoms with Crippen LogP contribution in [0, 0.1) is 11.3 Å². The van der Waals surface area contributed by atoms with Gasteiger partial charge in [-0.3, -0.25) is 9.80 Å². The van der Waals surface area contributed by atoms with Crippen LogP contribution in [0.15, 0.2) is 48.5 Å². The largest absolute Gasteiger partial charge is 0.497 e. The summed E-state index contributed by atoms with van der Waals surface area (Å²) in [6.07, 6.45) is 5.61. The SMILES string of the molecule is COc1ccc2c(c1)CC(N(CC#N)CCCCN1CCN(c3ccccc3)CC1)CC2. The van der Waals surface area contributed by atoms with Crippen LogP contribution in [0.2, 0.25) is 0 Å². The van der Waals surface area contributed by atoms with Gasteiger partial charge in [-0.1, -0.05) is 24.3 Å². The summed E-state index contributed by atoms with van der Waals surface area (Å²) in [6.45, 7) is 7.19. The molecule has 1 saturated heterocycles. The highest BCUT2D eigenvalue weighted by Gasteiger charge is 2.24. The van der Waals surface area contributed by atoms with Gasteiger partial charge in [0.1, 0.15) is 5.75 Å². The van der Waals surface area contributed by atoms with Crippen LogP contribution in [0.5, 0.6) is 5.75 Å². The number of hydrogen-bond acceptors (Lipinski definition) is 5. The summed E-state index contributed by atoms with van der Waals surface area (Å²) >= 11 is 0. The van der Waals surface area contributed by atoms with E-state index in [2.05, 4.69) is 69.3 Å². The van der Waals surface area contributed by atoms with Crippen LogP contribution in [0.4, 0.5) is 5.69 Å². The van der Waals surface area contributed by atoms with E-state index in [9.17, 15) is 5.26 Å². The minimum atomic E-state index is 0.462. The maximum absolute atomic E-state index is 9.40. The summed E-state index contributed by atoms with van der Waals surface area (Å²) in [4.78, 5) is 7.49. The number of piperazine rings is 1. The Labute approximate surface area is 193 Å². The summed E-state index contributed by atoms with van der Waals surface area (Å²) in [5.41, 5.74) is 4.17. The zero-order valence-electron chi connectivity index (χ0n) is 19.4. The number of unbranched alkanes of at least 4 members (excludes halogenated alkanes) is 1. The molecule has 2 aromatic rings. The minimum absolute atomic E-state index is 0.462. The Bertz CT molecular complexity index is 886. The van der Waals surface area contributed by atoms with Crippen LogP contribution in [0.1, 0.15) is 30.4 Å². The fourth-order valence-electron chi connectivity index (χ4n) is 5.15. The lowest BCUT2D eigenvalue weighted by atomic mass is 9.87. The third kappa shape index (κ3) is 5.82. The van der Waals surface area contributed by atoms with Crippen molar-refractivity contribution in [2.45, 2.75) is 38.1 Å². The van der Waals surface area contributed by atoms with Crippen LogP contribution < -0.4 is 9.64 Å². The van der Waals surface area contributed by atoms with Crippen molar-refractivity contribution < 1.29 is 4.74 Å². The first-order chi connectivity index (χ1) is 15.8. The van der Waals surface area contributed by atoms with Crippen LogP contribution in [0.25, 0.3) is 0 Å². The topological polar surface area (TPSA) is 42.7 Å². The highest BCUT2D eigenvalue weighted by Crippen LogP contribution is 2.28. The third-order valence-electron chi connectivity index (χ3n) is 7.07. The van der Waals surface area contributed by atoms with Crippen molar-refractivity contribution in [2.75, 3.05) is 57.8 Å². The number of nitriles is 1. The van der Waals surface area contributed by atoms with Gasteiger partial charge in [-0.05, 0) is 80.6 Å². The maximum Gasteiger partial charge on any atom is 0.119 e. The molecule has 1 atom stereocenters. The van der Waals surface area contributed by atoms with Gasteiger partial charge in [-0.25, -0.2) is 0 Å². The summed E-state index contributed by atoms with van der Waals surface area (Å²) in [7, 11) is 1.73. The molecule has 1 aliphatic heterocycles. The number of para-hydroxylation sites is 1. The molecule has 0 aromatic heterocycles. The molecule has 0 amide bonds. The average molecular weight is 433 g/mol. The number of hydrogen-bond donors (Lipinski definition) is 0. The van der Waals surface area contributed by atoms with Gasteiger partial charge < -0.3 is 9.64 Å². The van der Waals surface area contributed by atoms with Crippen molar-refractivity contribution in [1.29, 1.82) is 5.26 Å². The van der Waals surface area contributed by atoms with Gasteiger partial charge in [0.05, 0.1) is 19.7 Å². The monoisotopic (exact) mass is 432 g/mol. The molecule has 1 fully saturated rings. The second kappa shape index (κ2) is 11.4.